The molecule has 3 aromatic carbocycles. The van der Waals surface area contributed by atoms with Crippen molar-refractivity contribution in [2.45, 2.75) is 13.8 Å². The molecule has 1 aliphatic rings. The Morgan fingerprint density at radius 3 is 2.28 bits per heavy atom. The quantitative estimate of drug-likeness (QED) is 0.373. The molecule has 0 saturated heterocycles. The molecular weight excluding hydrogens is 460 g/mol. The van der Waals surface area contributed by atoms with Gasteiger partial charge >= 0.3 is 11.9 Å². The molecule has 0 atom stereocenters. The van der Waals surface area contributed by atoms with Crippen molar-refractivity contribution in [3.05, 3.63) is 95.1 Å². The van der Waals surface area contributed by atoms with E-state index in [1.165, 1.54) is 11.1 Å². The molecule has 0 aromatic heterocycles. The fourth-order valence-corrected chi connectivity index (χ4v) is 3.70. The molecule has 1 amide bonds. The number of carboxylic acids is 1. The van der Waals surface area contributed by atoms with Crippen LogP contribution in [0.3, 0.4) is 0 Å². The number of carbonyl (C=O) groups is 3. The Hall–Kier alpha value is -4.72. The smallest absolute Gasteiger partial charge is 0.338 e. The molecule has 3 aromatic rings. The molecule has 1 aliphatic heterocycles. The highest BCUT2D eigenvalue weighted by atomic mass is 16.5. The fourth-order valence-electron chi connectivity index (χ4n) is 3.70. The largest absolute Gasteiger partial charge is 0.478 e. The minimum Gasteiger partial charge on any atom is -0.478 e. The average molecular weight is 485 g/mol. The van der Waals surface area contributed by atoms with Gasteiger partial charge in [0.1, 0.15) is 5.57 Å². The number of nitrogens with zero attached hydrogens (tertiary/aromatic N) is 2. The lowest BCUT2D eigenvalue weighted by Gasteiger charge is -2.11. The second-order valence-corrected chi connectivity index (χ2v) is 7.79. The van der Waals surface area contributed by atoms with Gasteiger partial charge in [-0.05, 0) is 79.1 Å². The Labute approximate surface area is 208 Å². The molecule has 0 radical (unpaired) electrons. The summed E-state index contributed by atoms with van der Waals surface area (Å²) in [5.74, 6) is -1.62. The number of amides is 1. The summed E-state index contributed by atoms with van der Waals surface area (Å²) in [7, 11) is 0. The van der Waals surface area contributed by atoms with Gasteiger partial charge in [-0.25, -0.2) is 9.59 Å². The number of esters is 1. The number of anilines is 1. The molecule has 0 unspecified atom stereocenters. The third kappa shape index (κ3) is 5.17. The molecule has 8 heteroatoms. The van der Waals surface area contributed by atoms with Crippen molar-refractivity contribution in [3.63, 3.8) is 0 Å². The number of carbonyl (C=O) groups excluding carboxylic acids is 2. The summed E-state index contributed by atoms with van der Waals surface area (Å²) in [6.07, 6.45) is 1.69. The Balaban J connectivity index is 1.64. The van der Waals surface area contributed by atoms with Crippen LogP contribution < -0.4 is 5.01 Å². The molecule has 0 fully saturated rings. The normalized spacial score (nSPS) is 14.1. The average Bonchev–Trinajstić information content (AvgIpc) is 3.19. The Bertz CT molecular complexity index is 1370. The first-order valence-electron chi connectivity index (χ1n) is 11.4. The van der Waals surface area contributed by atoms with Gasteiger partial charge < -0.3 is 14.6 Å². The van der Waals surface area contributed by atoms with Crippen molar-refractivity contribution in [2.24, 2.45) is 5.10 Å². The van der Waals surface area contributed by atoms with Crippen LogP contribution in [0.4, 0.5) is 5.69 Å². The summed E-state index contributed by atoms with van der Waals surface area (Å²) in [5, 5.41) is 14.9. The maximum atomic E-state index is 13.3. The van der Waals surface area contributed by atoms with Crippen molar-refractivity contribution in [3.8, 4) is 11.1 Å². The first kappa shape index (κ1) is 24.4. The topological polar surface area (TPSA) is 106 Å². The predicted molar refractivity (Wildman–Crippen MR) is 136 cm³/mol. The number of hydrogen-bond acceptors (Lipinski definition) is 6. The van der Waals surface area contributed by atoms with Crippen LogP contribution >= 0.6 is 0 Å². The Morgan fingerprint density at radius 2 is 1.61 bits per heavy atom. The number of carboxylic acid groups (broad SMARTS) is 1. The SMILES string of the molecule is CCOC(=O)c1ccc(N2N=C(OCC)/C(=C\c3cccc(-c4cccc(C(=O)O)c4)c3)C2=O)cc1. The number of rotatable bonds is 7. The number of benzene rings is 3. The molecule has 1 N–H and O–H groups in total. The fraction of sp³-hybridized carbons (Fsp3) is 0.143. The molecule has 0 spiro atoms. The monoisotopic (exact) mass is 484 g/mol. The van der Waals surface area contributed by atoms with Crippen LogP contribution in [0.15, 0.2) is 83.5 Å². The number of hydrazone groups is 1. The molecule has 0 saturated carbocycles. The molecule has 1 heterocycles. The first-order valence-corrected chi connectivity index (χ1v) is 11.4. The van der Waals surface area contributed by atoms with Gasteiger partial charge in [-0.15, -0.1) is 5.10 Å². The second kappa shape index (κ2) is 10.7. The maximum Gasteiger partial charge on any atom is 0.338 e. The minimum atomic E-state index is -1.00. The van der Waals surface area contributed by atoms with Crippen LogP contribution in [0.1, 0.15) is 40.1 Å². The van der Waals surface area contributed by atoms with Crippen LogP contribution in [0.5, 0.6) is 0 Å². The van der Waals surface area contributed by atoms with Crippen molar-refractivity contribution in [1.82, 2.24) is 0 Å². The van der Waals surface area contributed by atoms with Crippen LogP contribution in [-0.2, 0) is 14.3 Å². The Morgan fingerprint density at radius 1 is 0.917 bits per heavy atom. The molecule has 4 rings (SSSR count). The van der Waals surface area contributed by atoms with Crippen LogP contribution in [0.25, 0.3) is 17.2 Å². The van der Waals surface area contributed by atoms with Gasteiger partial charge in [-0.1, -0.05) is 30.3 Å². The zero-order valence-corrected chi connectivity index (χ0v) is 19.8. The van der Waals surface area contributed by atoms with Crippen LogP contribution in [0, 0.1) is 0 Å². The number of hydrogen-bond donors (Lipinski definition) is 1. The first-order chi connectivity index (χ1) is 17.4. The van der Waals surface area contributed by atoms with E-state index in [9.17, 15) is 19.5 Å². The lowest BCUT2D eigenvalue weighted by molar-refractivity contribution is -0.114. The highest BCUT2D eigenvalue weighted by Crippen LogP contribution is 2.28. The lowest BCUT2D eigenvalue weighted by atomic mass is 10.00. The van der Waals surface area contributed by atoms with E-state index in [4.69, 9.17) is 9.47 Å². The van der Waals surface area contributed by atoms with E-state index >= 15 is 0 Å². The summed E-state index contributed by atoms with van der Waals surface area (Å²) >= 11 is 0. The summed E-state index contributed by atoms with van der Waals surface area (Å²) in [5.41, 5.74) is 3.60. The molecule has 8 nitrogen and oxygen atoms in total. The Kier molecular flexibility index (Phi) is 7.25. The molecule has 0 aliphatic carbocycles. The number of aromatic carboxylic acids is 1. The van der Waals surface area contributed by atoms with Gasteiger partial charge in [0, 0.05) is 0 Å². The minimum absolute atomic E-state index is 0.190. The van der Waals surface area contributed by atoms with E-state index in [2.05, 4.69) is 5.10 Å². The molecular formula is C28H24N2O6. The highest BCUT2D eigenvalue weighted by Gasteiger charge is 2.32. The summed E-state index contributed by atoms with van der Waals surface area (Å²) in [6.45, 7) is 4.13. The van der Waals surface area contributed by atoms with Gasteiger partial charge in [0.05, 0.1) is 30.0 Å². The van der Waals surface area contributed by atoms with Gasteiger partial charge in [0.15, 0.2) is 0 Å². The van der Waals surface area contributed by atoms with E-state index in [0.717, 1.165) is 16.7 Å². The highest BCUT2D eigenvalue weighted by molar-refractivity contribution is 6.30. The third-order valence-electron chi connectivity index (χ3n) is 5.39. The predicted octanol–water partition coefficient (Wildman–Crippen LogP) is 5.01. The van der Waals surface area contributed by atoms with Crippen LogP contribution in [0.2, 0.25) is 0 Å². The van der Waals surface area contributed by atoms with E-state index in [0.29, 0.717) is 17.9 Å². The van der Waals surface area contributed by atoms with Gasteiger partial charge in [-0.3, -0.25) is 4.79 Å². The van der Waals surface area contributed by atoms with Crippen molar-refractivity contribution in [1.29, 1.82) is 0 Å². The van der Waals surface area contributed by atoms with Crippen molar-refractivity contribution >= 4 is 35.5 Å². The van der Waals surface area contributed by atoms with Gasteiger partial charge in [0.2, 0.25) is 5.90 Å². The zero-order chi connectivity index (χ0) is 25.7. The standard InChI is InChI=1S/C28H24N2O6/c1-3-35-25-24(26(31)30(29-25)23-13-11-19(12-14-23)28(34)36-4-2)16-18-7-5-8-20(15-18)21-9-6-10-22(17-21)27(32)33/h5-17H,3-4H2,1-2H3,(H,32,33)/b24-16+. The summed E-state index contributed by atoms with van der Waals surface area (Å²) < 4.78 is 10.6. The maximum absolute atomic E-state index is 13.3. The third-order valence-corrected chi connectivity index (χ3v) is 5.39. The van der Waals surface area contributed by atoms with E-state index in [1.807, 2.05) is 30.3 Å². The van der Waals surface area contributed by atoms with E-state index < -0.39 is 11.9 Å². The van der Waals surface area contributed by atoms with Gasteiger partial charge in [-0.2, -0.15) is 5.01 Å². The molecule has 0 bridgehead atoms. The zero-order valence-electron chi connectivity index (χ0n) is 19.8. The molecule has 182 valence electrons. The van der Waals surface area contributed by atoms with Crippen molar-refractivity contribution < 1.29 is 29.0 Å². The van der Waals surface area contributed by atoms with Gasteiger partial charge in [0.25, 0.3) is 5.91 Å². The molecule has 36 heavy (non-hydrogen) atoms. The van der Waals surface area contributed by atoms with E-state index in [-0.39, 0.29) is 29.5 Å². The lowest BCUT2D eigenvalue weighted by Crippen LogP contribution is -2.21. The van der Waals surface area contributed by atoms with Crippen molar-refractivity contribution in [2.75, 3.05) is 18.2 Å². The van der Waals surface area contributed by atoms with Crippen LogP contribution in [-0.4, -0.2) is 42.1 Å². The number of ether oxygens (including phenoxy) is 2. The second-order valence-electron chi connectivity index (χ2n) is 7.79. The summed E-state index contributed by atoms with van der Waals surface area (Å²) in [4.78, 5) is 36.6. The van der Waals surface area contributed by atoms with E-state index in [1.54, 1.807) is 56.3 Å². The summed E-state index contributed by atoms with van der Waals surface area (Å²) in [6, 6.07) is 20.5.